The van der Waals surface area contributed by atoms with E-state index in [1.54, 1.807) is 12.1 Å². The minimum absolute atomic E-state index is 0.00877. The summed E-state index contributed by atoms with van der Waals surface area (Å²) in [6.07, 6.45) is 3.93. The molecule has 1 N–H and O–H groups in total. The Bertz CT molecular complexity index is 1060. The molecular formula is C22H22N4O4S. The van der Waals surface area contributed by atoms with Crippen molar-refractivity contribution in [2.24, 2.45) is 0 Å². The van der Waals surface area contributed by atoms with Crippen LogP contribution in [0.3, 0.4) is 0 Å². The lowest BCUT2D eigenvalue weighted by Gasteiger charge is -2.11. The van der Waals surface area contributed by atoms with Crippen molar-refractivity contribution in [3.05, 3.63) is 70.9 Å². The van der Waals surface area contributed by atoms with Gasteiger partial charge in [-0.3, -0.25) is 19.5 Å². The minimum atomic E-state index is -0.425. The van der Waals surface area contributed by atoms with Crippen molar-refractivity contribution in [3.63, 3.8) is 0 Å². The lowest BCUT2D eigenvalue weighted by atomic mass is 10.1. The SMILES string of the molecule is O=C(CSc1nc(-c2cccc([N+](=O)[O-])c2)cn1-c1ccccc1)NC[C@@H]1CCCO1. The maximum absolute atomic E-state index is 12.3. The number of hydrogen-bond donors (Lipinski definition) is 1. The molecule has 4 rings (SSSR count). The van der Waals surface area contributed by atoms with Crippen LogP contribution in [0.2, 0.25) is 0 Å². The molecule has 3 aromatic rings. The first kappa shape index (κ1) is 21.1. The number of rotatable bonds is 8. The third-order valence-electron chi connectivity index (χ3n) is 4.94. The topological polar surface area (TPSA) is 99.3 Å². The lowest BCUT2D eigenvalue weighted by molar-refractivity contribution is -0.384. The van der Waals surface area contributed by atoms with Gasteiger partial charge in [-0.25, -0.2) is 4.98 Å². The number of nitrogens with zero attached hydrogens (tertiary/aromatic N) is 3. The zero-order valence-electron chi connectivity index (χ0n) is 16.8. The normalized spacial score (nSPS) is 15.7. The molecule has 0 bridgehead atoms. The van der Waals surface area contributed by atoms with Crippen LogP contribution in [-0.2, 0) is 9.53 Å². The van der Waals surface area contributed by atoms with Gasteiger partial charge in [0.15, 0.2) is 5.16 Å². The smallest absolute Gasteiger partial charge is 0.270 e. The molecule has 1 aliphatic heterocycles. The summed E-state index contributed by atoms with van der Waals surface area (Å²) < 4.78 is 7.43. The zero-order chi connectivity index (χ0) is 21.6. The van der Waals surface area contributed by atoms with Gasteiger partial charge in [0.1, 0.15) is 0 Å². The van der Waals surface area contributed by atoms with E-state index >= 15 is 0 Å². The Morgan fingerprint density at radius 1 is 1.26 bits per heavy atom. The summed E-state index contributed by atoms with van der Waals surface area (Å²) in [5, 5.41) is 14.7. The summed E-state index contributed by atoms with van der Waals surface area (Å²) in [6, 6.07) is 16.0. The molecular weight excluding hydrogens is 416 g/mol. The van der Waals surface area contributed by atoms with Gasteiger partial charge in [-0.2, -0.15) is 0 Å². The molecule has 1 atom stereocenters. The van der Waals surface area contributed by atoms with Crippen molar-refractivity contribution in [1.29, 1.82) is 0 Å². The van der Waals surface area contributed by atoms with Gasteiger partial charge in [-0.1, -0.05) is 42.1 Å². The van der Waals surface area contributed by atoms with E-state index in [1.165, 1.54) is 23.9 Å². The number of imidazole rings is 1. The Morgan fingerprint density at radius 3 is 2.84 bits per heavy atom. The fraction of sp³-hybridized carbons (Fsp3) is 0.273. The number of carbonyl (C=O) groups excluding carboxylic acids is 1. The monoisotopic (exact) mass is 438 g/mol. The van der Waals surface area contributed by atoms with Gasteiger partial charge >= 0.3 is 0 Å². The van der Waals surface area contributed by atoms with E-state index in [0.29, 0.717) is 23.0 Å². The zero-order valence-corrected chi connectivity index (χ0v) is 17.6. The number of nitro groups is 1. The Morgan fingerprint density at radius 2 is 2.10 bits per heavy atom. The van der Waals surface area contributed by atoms with Crippen LogP contribution in [0.15, 0.2) is 66.0 Å². The molecule has 8 nitrogen and oxygen atoms in total. The number of nitrogens with one attached hydrogen (secondary N) is 1. The average molecular weight is 439 g/mol. The highest BCUT2D eigenvalue weighted by Gasteiger charge is 2.18. The number of thioether (sulfide) groups is 1. The highest BCUT2D eigenvalue weighted by Crippen LogP contribution is 2.29. The number of aromatic nitrogens is 2. The maximum atomic E-state index is 12.3. The summed E-state index contributed by atoms with van der Waals surface area (Å²) in [6.45, 7) is 1.27. The van der Waals surface area contributed by atoms with Crippen LogP contribution in [0, 0.1) is 10.1 Å². The molecule has 1 aliphatic rings. The van der Waals surface area contributed by atoms with Gasteiger partial charge in [-0.15, -0.1) is 0 Å². The molecule has 0 aliphatic carbocycles. The fourth-order valence-corrected chi connectivity index (χ4v) is 4.19. The van der Waals surface area contributed by atoms with Gasteiger partial charge in [-0.05, 0) is 25.0 Å². The van der Waals surface area contributed by atoms with E-state index in [9.17, 15) is 14.9 Å². The second-order valence-corrected chi connectivity index (χ2v) is 8.09. The van der Waals surface area contributed by atoms with E-state index in [2.05, 4.69) is 10.3 Å². The molecule has 1 saturated heterocycles. The molecule has 2 heterocycles. The van der Waals surface area contributed by atoms with Crippen molar-refractivity contribution in [1.82, 2.24) is 14.9 Å². The standard InChI is InChI=1S/C22H22N4O4S/c27-21(23-13-19-10-5-11-30-19)15-31-22-24-20(14-25(22)17-7-2-1-3-8-17)16-6-4-9-18(12-16)26(28)29/h1-4,6-9,12,14,19H,5,10-11,13,15H2,(H,23,27)/t19-/m0/s1. The van der Waals surface area contributed by atoms with Crippen LogP contribution in [0.5, 0.6) is 0 Å². The number of non-ortho nitro benzene ring substituents is 1. The van der Waals surface area contributed by atoms with Gasteiger partial charge in [0.05, 0.1) is 22.5 Å². The Kier molecular flexibility index (Phi) is 6.63. The number of carbonyl (C=O) groups is 1. The first-order valence-corrected chi connectivity index (χ1v) is 11.0. The Balaban J connectivity index is 1.53. The van der Waals surface area contributed by atoms with Crippen molar-refractivity contribution in [3.8, 4) is 16.9 Å². The molecule has 2 aromatic carbocycles. The predicted octanol–water partition coefficient (Wildman–Crippen LogP) is 3.83. The molecule has 0 saturated carbocycles. The Hall–Kier alpha value is -3.17. The van der Waals surface area contributed by atoms with E-state index < -0.39 is 4.92 Å². The number of amides is 1. The third-order valence-corrected chi connectivity index (χ3v) is 5.90. The van der Waals surface area contributed by atoms with Crippen LogP contribution in [0.1, 0.15) is 12.8 Å². The van der Waals surface area contributed by atoms with E-state index in [4.69, 9.17) is 4.74 Å². The van der Waals surface area contributed by atoms with E-state index in [0.717, 1.165) is 25.1 Å². The number of hydrogen-bond acceptors (Lipinski definition) is 6. The number of nitro benzene ring substituents is 1. The van der Waals surface area contributed by atoms with Crippen molar-refractivity contribution >= 4 is 23.4 Å². The highest BCUT2D eigenvalue weighted by atomic mass is 32.2. The van der Waals surface area contributed by atoms with Crippen LogP contribution in [0.25, 0.3) is 16.9 Å². The second-order valence-electron chi connectivity index (χ2n) is 7.15. The molecule has 0 unspecified atom stereocenters. The fourth-order valence-electron chi connectivity index (χ4n) is 3.37. The molecule has 31 heavy (non-hydrogen) atoms. The first-order valence-electron chi connectivity index (χ1n) is 10.0. The van der Waals surface area contributed by atoms with E-state index in [1.807, 2.05) is 41.1 Å². The van der Waals surface area contributed by atoms with Crippen molar-refractivity contribution in [2.45, 2.75) is 24.1 Å². The Labute approximate surface area is 183 Å². The summed E-state index contributed by atoms with van der Waals surface area (Å²) >= 11 is 1.32. The van der Waals surface area contributed by atoms with Crippen LogP contribution >= 0.6 is 11.8 Å². The quantitative estimate of drug-likeness (QED) is 0.326. The first-order chi connectivity index (χ1) is 15.1. The molecule has 160 valence electrons. The van der Waals surface area contributed by atoms with Gasteiger partial charge < -0.3 is 10.1 Å². The minimum Gasteiger partial charge on any atom is -0.376 e. The molecule has 1 amide bonds. The van der Waals surface area contributed by atoms with Gasteiger partial charge in [0.2, 0.25) is 5.91 Å². The third kappa shape index (κ3) is 5.31. The summed E-state index contributed by atoms with van der Waals surface area (Å²) in [5.74, 6) is 0.130. The predicted molar refractivity (Wildman–Crippen MR) is 118 cm³/mol. The lowest BCUT2D eigenvalue weighted by Crippen LogP contribution is -2.32. The molecule has 0 radical (unpaired) electrons. The van der Waals surface area contributed by atoms with Crippen molar-refractivity contribution < 1.29 is 14.5 Å². The summed E-state index contributed by atoms with van der Waals surface area (Å²) in [7, 11) is 0. The molecule has 0 spiro atoms. The molecule has 9 heteroatoms. The number of para-hydroxylation sites is 1. The largest absolute Gasteiger partial charge is 0.376 e. The molecule has 1 aromatic heterocycles. The highest BCUT2D eigenvalue weighted by molar-refractivity contribution is 7.99. The van der Waals surface area contributed by atoms with Crippen LogP contribution < -0.4 is 5.32 Å². The van der Waals surface area contributed by atoms with Crippen LogP contribution in [0.4, 0.5) is 5.69 Å². The van der Waals surface area contributed by atoms with E-state index in [-0.39, 0.29) is 23.5 Å². The number of benzene rings is 2. The number of ether oxygens (including phenoxy) is 1. The molecule has 1 fully saturated rings. The van der Waals surface area contributed by atoms with Gasteiger partial charge in [0, 0.05) is 42.7 Å². The van der Waals surface area contributed by atoms with Crippen LogP contribution in [-0.4, -0.2) is 45.4 Å². The van der Waals surface area contributed by atoms with Gasteiger partial charge in [0.25, 0.3) is 5.69 Å². The summed E-state index contributed by atoms with van der Waals surface area (Å²) in [4.78, 5) is 27.7. The second kappa shape index (κ2) is 9.76. The maximum Gasteiger partial charge on any atom is 0.270 e. The summed E-state index contributed by atoms with van der Waals surface area (Å²) in [5.41, 5.74) is 2.16. The average Bonchev–Trinajstić information content (AvgIpc) is 3.47. The van der Waals surface area contributed by atoms with Crippen molar-refractivity contribution in [2.75, 3.05) is 18.9 Å².